The van der Waals surface area contributed by atoms with Crippen molar-refractivity contribution in [3.05, 3.63) is 0 Å². The number of hydrogen-bond acceptors (Lipinski definition) is 4. The topological polar surface area (TPSA) is 109 Å². The number of rotatable bonds is 2. The summed E-state index contributed by atoms with van der Waals surface area (Å²) < 4.78 is 31.6. The fourth-order valence-corrected chi connectivity index (χ4v) is 0.249. The summed E-state index contributed by atoms with van der Waals surface area (Å²) in [6.07, 6.45) is 0.329. The summed E-state index contributed by atoms with van der Waals surface area (Å²) in [5, 5.41) is 0. The lowest BCUT2D eigenvalue weighted by molar-refractivity contribution is -0.135. The van der Waals surface area contributed by atoms with Crippen LogP contribution >= 0.6 is 0 Å². The minimum atomic E-state index is -4.67. The van der Waals surface area contributed by atoms with E-state index in [1.54, 1.807) is 6.92 Å². The first-order valence-corrected chi connectivity index (χ1v) is 4.31. The zero-order valence-electron chi connectivity index (χ0n) is 6.64. The minimum absolute atomic E-state index is 0.292. The van der Waals surface area contributed by atoms with E-state index in [0.29, 0.717) is 6.42 Å². The maximum absolute atomic E-state index is 10.2. The molecule has 0 aliphatic rings. The van der Waals surface area contributed by atoms with Gasteiger partial charge in [-0.2, -0.15) is 8.42 Å². The van der Waals surface area contributed by atoms with Crippen LogP contribution < -0.4 is 0 Å². The van der Waals surface area contributed by atoms with Crippen LogP contribution in [0.2, 0.25) is 0 Å². The van der Waals surface area contributed by atoms with E-state index in [2.05, 4.69) is 0 Å². The van der Waals surface area contributed by atoms with Crippen molar-refractivity contribution >= 4 is 22.0 Å². The van der Waals surface area contributed by atoms with Gasteiger partial charge in [0.2, 0.25) is 0 Å². The molecule has 0 saturated carbocycles. The van der Waals surface area contributed by atoms with Gasteiger partial charge in [-0.1, -0.05) is 6.92 Å². The second-order valence-corrected chi connectivity index (χ2v) is 2.68. The summed E-state index contributed by atoms with van der Waals surface area (Å²) in [6, 6.07) is 0. The lowest BCUT2D eigenvalue weighted by atomic mass is 10.2. The van der Waals surface area contributed by atoms with Crippen LogP contribution in [-0.2, 0) is 20.0 Å². The van der Waals surface area contributed by atoms with Crippen LogP contribution in [-0.4, -0.2) is 29.1 Å². The lowest BCUT2D eigenvalue weighted by Crippen LogP contribution is -2.06. The summed E-state index contributed by atoms with van der Waals surface area (Å²) in [7, 11) is -4.67. The highest BCUT2D eigenvalue weighted by Gasteiger charge is 2.00. The number of Topliss-reactive ketones (excluding diaryl/α,β-unsaturated/α-hetero) is 2. The van der Waals surface area contributed by atoms with Crippen molar-refractivity contribution in [3.63, 3.8) is 0 Å². The molecule has 0 radical (unpaired) electrons. The second kappa shape index (κ2) is 5.81. The molecule has 0 aliphatic carbocycles. The molecule has 0 saturated heterocycles. The van der Waals surface area contributed by atoms with Gasteiger partial charge in [0.1, 0.15) is 0 Å². The molecule has 6 nitrogen and oxygen atoms in total. The Balaban J connectivity index is 0. The molecule has 0 rings (SSSR count). The molecule has 0 atom stereocenters. The molecule has 0 heterocycles. The largest absolute Gasteiger partial charge is 0.394 e. The Morgan fingerprint density at radius 1 is 1.25 bits per heavy atom. The van der Waals surface area contributed by atoms with Crippen molar-refractivity contribution in [3.8, 4) is 0 Å². The third-order valence-corrected chi connectivity index (χ3v) is 0.714. The van der Waals surface area contributed by atoms with Crippen LogP contribution in [0, 0.1) is 0 Å². The van der Waals surface area contributed by atoms with Gasteiger partial charge in [-0.25, -0.2) is 0 Å². The van der Waals surface area contributed by atoms with Crippen molar-refractivity contribution in [1.82, 2.24) is 0 Å². The highest BCUT2D eigenvalue weighted by atomic mass is 32.3. The molecule has 7 heteroatoms. The first-order valence-electron chi connectivity index (χ1n) is 2.92. The second-order valence-electron chi connectivity index (χ2n) is 1.78. The summed E-state index contributed by atoms with van der Waals surface area (Å²) >= 11 is 0. The monoisotopic (exact) mass is 198 g/mol. The SMILES string of the molecule is CCC(=O)C(C)=O.O=S(=O)(O)O. The Morgan fingerprint density at radius 2 is 1.50 bits per heavy atom. The Kier molecular flexibility index (Phi) is 6.67. The highest BCUT2D eigenvalue weighted by molar-refractivity contribution is 7.79. The van der Waals surface area contributed by atoms with Crippen molar-refractivity contribution < 1.29 is 27.1 Å². The molecule has 0 amide bonds. The predicted molar refractivity (Wildman–Crippen MR) is 40.2 cm³/mol. The van der Waals surface area contributed by atoms with Gasteiger partial charge in [0.25, 0.3) is 0 Å². The van der Waals surface area contributed by atoms with E-state index in [-0.39, 0.29) is 11.6 Å². The average molecular weight is 198 g/mol. The third kappa shape index (κ3) is 22.9. The van der Waals surface area contributed by atoms with Crippen LogP contribution in [0.5, 0.6) is 0 Å². The highest BCUT2D eigenvalue weighted by Crippen LogP contribution is 1.79. The van der Waals surface area contributed by atoms with Crippen LogP contribution in [0.4, 0.5) is 0 Å². The van der Waals surface area contributed by atoms with Crippen LogP contribution in [0.3, 0.4) is 0 Å². The van der Waals surface area contributed by atoms with E-state index in [0.717, 1.165) is 0 Å². The zero-order chi connectivity index (χ0) is 10.4. The molecule has 0 fully saturated rings. The van der Waals surface area contributed by atoms with Gasteiger partial charge in [0.05, 0.1) is 0 Å². The van der Waals surface area contributed by atoms with Gasteiger partial charge in [0.15, 0.2) is 11.6 Å². The minimum Gasteiger partial charge on any atom is -0.291 e. The molecule has 0 aliphatic heterocycles. The summed E-state index contributed by atoms with van der Waals surface area (Å²) in [4.78, 5) is 20.2. The molecule has 0 aromatic carbocycles. The van der Waals surface area contributed by atoms with E-state index in [1.807, 2.05) is 0 Å². The summed E-state index contributed by atoms with van der Waals surface area (Å²) in [5.74, 6) is -0.637. The Morgan fingerprint density at radius 3 is 1.50 bits per heavy atom. The number of carbonyl (C=O) groups excluding carboxylic acids is 2. The fourth-order valence-electron chi connectivity index (χ4n) is 0.249. The quantitative estimate of drug-likeness (QED) is 0.473. The summed E-state index contributed by atoms with van der Waals surface area (Å²) in [5.41, 5.74) is 0. The van der Waals surface area contributed by atoms with E-state index in [4.69, 9.17) is 17.5 Å². The molecule has 0 aromatic heterocycles. The molecular weight excluding hydrogens is 188 g/mol. The number of ketones is 2. The van der Waals surface area contributed by atoms with Gasteiger partial charge < -0.3 is 0 Å². The van der Waals surface area contributed by atoms with Crippen LogP contribution in [0.1, 0.15) is 20.3 Å². The number of carbonyl (C=O) groups is 2. The number of hydrogen-bond donors (Lipinski definition) is 2. The molecule has 0 aromatic rings. The van der Waals surface area contributed by atoms with E-state index >= 15 is 0 Å². The maximum Gasteiger partial charge on any atom is 0.394 e. The first kappa shape index (κ1) is 13.8. The van der Waals surface area contributed by atoms with Crippen LogP contribution in [0.25, 0.3) is 0 Å². The molecule has 72 valence electrons. The predicted octanol–water partition coefficient (Wildman–Crippen LogP) is -0.0983. The average Bonchev–Trinajstić information content (AvgIpc) is 1.82. The molecule has 0 bridgehead atoms. The van der Waals surface area contributed by atoms with Crippen LogP contribution in [0.15, 0.2) is 0 Å². The maximum atomic E-state index is 10.2. The van der Waals surface area contributed by atoms with Crippen molar-refractivity contribution in [2.45, 2.75) is 20.3 Å². The van der Waals surface area contributed by atoms with Gasteiger partial charge in [0, 0.05) is 13.3 Å². The van der Waals surface area contributed by atoms with E-state index < -0.39 is 10.4 Å². The molecule has 12 heavy (non-hydrogen) atoms. The summed E-state index contributed by atoms with van der Waals surface area (Å²) in [6.45, 7) is 2.95. The zero-order valence-corrected chi connectivity index (χ0v) is 7.46. The lowest BCUT2D eigenvalue weighted by Gasteiger charge is -1.81. The van der Waals surface area contributed by atoms with E-state index in [9.17, 15) is 9.59 Å². The van der Waals surface area contributed by atoms with Gasteiger partial charge >= 0.3 is 10.4 Å². The van der Waals surface area contributed by atoms with Gasteiger partial charge in [-0.05, 0) is 0 Å². The normalized spacial score (nSPS) is 9.67. The van der Waals surface area contributed by atoms with Gasteiger partial charge in [-0.15, -0.1) is 0 Å². The molecule has 0 spiro atoms. The smallest absolute Gasteiger partial charge is 0.291 e. The standard InChI is InChI=1S/C5H8O2.H2O4S/c1-3-5(7)4(2)6;1-5(2,3)4/h3H2,1-2H3;(H2,1,2,3,4). The third-order valence-electron chi connectivity index (χ3n) is 0.714. The first-order chi connectivity index (χ1) is 5.18. The van der Waals surface area contributed by atoms with Crippen molar-refractivity contribution in [2.24, 2.45) is 0 Å². The van der Waals surface area contributed by atoms with Gasteiger partial charge in [-0.3, -0.25) is 18.7 Å². The molecular formula is C5H10O6S. The Bertz CT molecular complexity index is 243. The Labute approximate surface area is 70.2 Å². The van der Waals surface area contributed by atoms with Crippen molar-refractivity contribution in [1.29, 1.82) is 0 Å². The molecule has 0 unspecified atom stereocenters. The van der Waals surface area contributed by atoms with Crippen molar-refractivity contribution in [2.75, 3.05) is 0 Å². The molecule has 2 N–H and O–H groups in total. The Hall–Kier alpha value is -0.790. The van der Waals surface area contributed by atoms with E-state index in [1.165, 1.54) is 6.92 Å². The fraction of sp³-hybridized carbons (Fsp3) is 0.600.